The summed E-state index contributed by atoms with van der Waals surface area (Å²) in [6, 6.07) is 35.3. The lowest BCUT2D eigenvalue weighted by molar-refractivity contribution is -0.141. The zero-order chi connectivity index (χ0) is 29.7. The molecule has 4 aromatic rings. The summed E-state index contributed by atoms with van der Waals surface area (Å²) < 4.78 is 10.6. The zero-order valence-corrected chi connectivity index (χ0v) is 25.0. The summed E-state index contributed by atoms with van der Waals surface area (Å²) in [4.78, 5) is 26.0. The third-order valence-electron chi connectivity index (χ3n) is 11.1. The van der Waals surface area contributed by atoms with Crippen LogP contribution in [-0.4, -0.2) is 26.2 Å². The van der Waals surface area contributed by atoms with Gasteiger partial charge < -0.3 is 9.47 Å². The maximum Gasteiger partial charge on any atom is 0.305 e. The van der Waals surface area contributed by atoms with Crippen LogP contribution in [0.3, 0.4) is 0 Å². The van der Waals surface area contributed by atoms with E-state index in [1.807, 2.05) is 0 Å². The van der Waals surface area contributed by atoms with Crippen molar-refractivity contribution in [1.29, 1.82) is 0 Å². The lowest BCUT2D eigenvalue weighted by Crippen LogP contribution is -2.57. The van der Waals surface area contributed by atoms with E-state index in [4.69, 9.17) is 9.47 Å². The van der Waals surface area contributed by atoms with Crippen molar-refractivity contribution in [3.05, 3.63) is 119 Å². The monoisotopic (exact) mass is 570 g/mol. The lowest BCUT2D eigenvalue weighted by atomic mass is 9.42. The molecule has 0 unspecified atom stereocenters. The van der Waals surface area contributed by atoms with Gasteiger partial charge in [-0.3, -0.25) is 9.59 Å². The second kappa shape index (κ2) is 10.5. The second-order valence-electron chi connectivity index (χ2n) is 12.4. The molecule has 0 spiro atoms. The highest BCUT2D eigenvalue weighted by Gasteiger charge is 2.68. The Bertz CT molecular complexity index is 1500. The Kier molecular flexibility index (Phi) is 6.76. The summed E-state index contributed by atoms with van der Waals surface area (Å²) >= 11 is 0. The highest BCUT2D eigenvalue weighted by atomic mass is 16.5. The molecule has 0 N–H and O–H groups in total. The summed E-state index contributed by atoms with van der Waals surface area (Å²) in [6.07, 6.45) is 6.06. The molecule has 0 aromatic heterocycles. The first-order chi connectivity index (χ1) is 21.0. The largest absolute Gasteiger partial charge is 0.469 e. The Labute approximate surface area is 254 Å². The van der Waals surface area contributed by atoms with Crippen molar-refractivity contribution >= 4 is 11.9 Å². The van der Waals surface area contributed by atoms with Gasteiger partial charge in [0.2, 0.25) is 0 Å². The molecule has 0 atom stereocenters. The Morgan fingerprint density at radius 3 is 1.14 bits per heavy atom. The van der Waals surface area contributed by atoms with E-state index in [2.05, 4.69) is 97.1 Å². The van der Waals surface area contributed by atoms with Crippen LogP contribution in [0.4, 0.5) is 0 Å². The van der Waals surface area contributed by atoms with Crippen molar-refractivity contribution in [2.45, 2.75) is 62.2 Å². The van der Waals surface area contributed by atoms with E-state index in [1.165, 1.54) is 58.7 Å². The summed E-state index contributed by atoms with van der Waals surface area (Å²) in [5, 5.41) is 0. The topological polar surface area (TPSA) is 52.6 Å². The van der Waals surface area contributed by atoms with Crippen molar-refractivity contribution in [3.8, 4) is 22.3 Å². The number of rotatable bonds is 8. The maximum absolute atomic E-state index is 13.0. The third kappa shape index (κ3) is 3.68. The quantitative estimate of drug-likeness (QED) is 0.200. The fraction of sp³-hybridized carbons (Fsp3) is 0.333. The molecule has 0 amide bonds. The van der Waals surface area contributed by atoms with Gasteiger partial charge in [-0.2, -0.15) is 0 Å². The lowest BCUT2D eigenvalue weighted by Gasteiger charge is -2.59. The second-order valence-corrected chi connectivity index (χ2v) is 12.4. The molecule has 4 aromatic carbocycles. The van der Waals surface area contributed by atoms with Crippen LogP contribution in [0.5, 0.6) is 0 Å². The number of fused-ring (bicyclic) bond motifs is 6. The van der Waals surface area contributed by atoms with E-state index in [-0.39, 0.29) is 17.4 Å². The highest BCUT2D eigenvalue weighted by molar-refractivity contribution is 5.86. The normalized spacial score (nSPS) is 17.8. The van der Waals surface area contributed by atoms with Crippen molar-refractivity contribution in [2.24, 2.45) is 5.41 Å². The average Bonchev–Trinajstić information content (AvgIpc) is 3.75. The summed E-state index contributed by atoms with van der Waals surface area (Å²) in [7, 11) is 2.97. The Morgan fingerprint density at radius 1 is 0.535 bits per heavy atom. The number of benzene rings is 4. The predicted molar refractivity (Wildman–Crippen MR) is 169 cm³/mol. The first-order valence-corrected chi connectivity index (χ1v) is 15.6. The van der Waals surface area contributed by atoms with Crippen LogP contribution in [0.25, 0.3) is 22.3 Å². The predicted octanol–water partition coefficient (Wildman–Crippen LogP) is 8.39. The van der Waals surface area contributed by atoms with Crippen LogP contribution in [0.1, 0.15) is 73.6 Å². The minimum absolute atomic E-state index is 0.190. The van der Waals surface area contributed by atoms with Crippen molar-refractivity contribution in [3.63, 3.8) is 0 Å². The molecule has 0 aliphatic heterocycles. The third-order valence-corrected chi connectivity index (χ3v) is 11.1. The molecule has 4 heteroatoms. The SMILES string of the molecule is COC(=O)CCC1(C2(C3(CCC(=O)OC)c4ccccc4-c4ccccc43)CCCC2)c2ccccc2-c2ccccc21. The zero-order valence-electron chi connectivity index (χ0n) is 25.0. The molecule has 0 heterocycles. The van der Waals surface area contributed by atoms with Gasteiger partial charge in [0, 0.05) is 23.7 Å². The Morgan fingerprint density at radius 2 is 0.837 bits per heavy atom. The van der Waals surface area contributed by atoms with Gasteiger partial charge in [-0.05, 0) is 75.6 Å². The molecule has 0 radical (unpaired) electrons. The van der Waals surface area contributed by atoms with Gasteiger partial charge in [0.05, 0.1) is 14.2 Å². The number of methoxy groups -OCH3 is 2. The van der Waals surface area contributed by atoms with Crippen LogP contribution in [-0.2, 0) is 29.9 Å². The molecule has 43 heavy (non-hydrogen) atoms. The molecule has 0 bridgehead atoms. The van der Waals surface area contributed by atoms with E-state index in [0.29, 0.717) is 25.7 Å². The van der Waals surface area contributed by atoms with Gasteiger partial charge in [0.1, 0.15) is 0 Å². The molecule has 0 saturated heterocycles. The van der Waals surface area contributed by atoms with E-state index in [9.17, 15) is 9.59 Å². The summed E-state index contributed by atoms with van der Waals surface area (Å²) in [6.45, 7) is 0. The fourth-order valence-corrected chi connectivity index (χ4v) is 9.68. The van der Waals surface area contributed by atoms with E-state index < -0.39 is 10.8 Å². The highest BCUT2D eigenvalue weighted by Crippen LogP contribution is 2.74. The van der Waals surface area contributed by atoms with E-state index in [1.54, 1.807) is 0 Å². The molecule has 7 rings (SSSR count). The number of hydrogen-bond acceptors (Lipinski definition) is 4. The minimum atomic E-state index is -0.481. The molecule has 3 aliphatic rings. The van der Waals surface area contributed by atoms with Gasteiger partial charge in [-0.1, -0.05) is 110 Å². The Balaban J connectivity index is 1.62. The van der Waals surface area contributed by atoms with Crippen molar-refractivity contribution in [1.82, 2.24) is 0 Å². The van der Waals surface area contributed by atoms with Crippen molar-refractivity contribution < 1.29 is 19.1 Å². The molecule has 1 saturated carbocycles. The molecular formula is C39H38O4. The van der Waals surface area contributed by atoms with Gasteiger partial charge in [-0.15, -0.1) is 0 Å². The summed E-state index contributed by atoms with van der Waals surface area (Å²) in [5.74, 6) is -0.379. The number of carbonyl (C=O) groups is 2. The molecule has 1 fully saturated rings. The molecular weight excluding hydrogens is 532 g/mol. The number of hydrogen-bond donors (Lipinski definition) is 0. The molecule has 218 valence electrons. The average molecular weight is 571 g/mol. The van der Waals surface area contributed by atoms with Crippen LogP contribution in [0.15, 0.2) is 97.1 Å². The smallest absolute Gasteiger partial charge is 0.305 e. The fourth-order valence-electron chi connectivity index (χ4n) is 9.68. The van der Waals surface area contributed by atoms with Crippen LogP contribution >= 0.6 is 0 Å². The number of esters is 2. The first-order valence-electron chi connectivity index (χ1n) is 15.6. The number of carbonyl (C=O) groups excluding carboxylic acids is 2. The van der Waals surface area contributed by atoms with Crippen LogP contribution in [0, 0.1) is 5.41 Å². The van der Waals surface area contributed by atoms with E-state index >= 15 is 0 Å². The Hall–Kier alpha value is -4.18. The van der Waals surface area contributed by atoms with Crippen molar-refractivity contribution in [2.75, 3.05) is 14.2 Å². The van der Waals surface area contributed by atoms with Gasteiger partial charge in [-0.25, -0.2) is 0 Å². The standard InChI is InChI=1S/C39H38O4/c1-42-35(40)21-25-38(31-17-7-3-13-27(31)28-14-4-8-18-32(28)38)37(23-11-12-24-37)39(26-22-36(41)43-2)33-19-9-5-15-29(33)30-16-6-10-20-34(30)39/h3-10,13-20H,11-12,21-26H2,1-2H3. The van der Waals surface area contributed by atoms with Gasteiger partial charge in [0.15, 0.2) is 0 Å². The van der Waals surface area contributed by atoms with Gasteiger partial charge >= 0.3 is 11.9 Å². The molecule has 3 aliphatic carbocycles. The maximum atomic E-state index is 13.0. The summed E-state index contributed by atoms with van der Waals surface area (Å²) in [5.41, 5.74) is 8.87. The molecule has 4 nitrogen and oxygen atoms in total. The number of ether oxygens (including phenoxy) is 2. The van der Waals surface area contributed by atoms with E-state index in [0.717, 1.165) is 25.7 Å². The van der Waals surface area contributed by atoms with Gasteiger partial charge in [0.25, 0.3) is 0 Å². The van der Waals surface area contributed by atoms with Crippen LogP contribution in [0.2, 0.25) is 0 Å². The van der Waals surface area contributed by atoms with Crippen LogP contribution < -0.4 is 0 Å². The minimum Gasteiger partial charge on any atom is -0.469 e. The first kappa shape index (κ1) is 27.6.